The van der Waals surface area contributed by atoms with Gasteiger partial charge in [0, 0.05) is 41.0 Å². The molecule has 4 rings (SSSR count). The van der Waals surface area contributed by atoms with E-state index in [4.69, 9.17) is 11.6 Å². The van der Waals surface area contributed by atoms with Gasteiger partial charge >= 0.3 is 0 Å². The third kappa shape index (κ3) is 7.42. The summed E-state index contributed by atoms with van der Waals surface area (Å²) in [5.41, 5.74) is 2.45. The zero-order chi connectivity index (χ0) is 24.7. The quantitative estimate of drug-likeness (QED) is 0.394. The molecule has 1 saturated heterocycles. The molecule has 2 aromatic carbocycles. The molecule has 0 saturated carbocycles. The van der Waals surface area contributed by atoms with E-state index >= 15 is 0 Å². The van der Waals surface area contributed by atoms with Gasteiger partial charge in [0.05, 0.1) is 11.1 Å². The molecule has 1 aliphatic rings. The second-order valence-electron chi connectivity index (χ2n) is 7.29. The van der Waals surface area contributed by atoms with Crippen LogP contribution in [0.15, 0.2) is 54.6 Å². The number of amides is 1. The van der Waals surface area contributed by atoms with Gasteiger partial charge in [-0.2, -0.15) is 0 Å². The molecule has 34 heavy (non-hydrogen) atoms. The molecule has 2 unspecified atom stereocenters. The van der Waals surface area contributed by atoms with E-state index in [1.807, 2.05) is 35.6 Å². The lowest BCUT2D eigenvalue weighted by Crippen LogP contribution is -2.41. The van der Waals surface area contributed by atoms with Crippen LogP contribution in [0, 0.1) is 5.82 Å². The van der Waals surface area contributed by atoms with Crippen LogP contribution in [-0.2, 0) is 27.0 Å². The van der Waals surface area contributed by atoms with E-state index in [9.17, 15) is 17.6 Å². The highest BCUT2D eigenvalue weighted by molar-refractivity contribution is 7.85. The van der Waals surface area contributed by atoms with Crippen molar-refractivity contribution in [2.75, 3.05) is 29.9 Å². The summed E-state index contributed by atoms with van der Waals surface area (Å²) in [6.07, 6.45) is 3.06. The van der Waals surface area contributed by atoms with Crippen LogP contribution < -0.4 is 14.8 Å². The SMILES string of the molecule is CN1CC[C@@H](c2ccc(-c3ccc(NS(C)=O)cc3)s2)NS1=O.O=CNc1ccc(F)c(Cl)c1. The number of nitrogens with zero attached hydrogens (tertiary/aromatic N) is 1. The number of carbonyl (C=O) groups excluding carboxylic acids is 1. The van der Waals surface area contributed by atoms with Crippen molar-refractivity contribution in [2.24, 2.45) is 0 Å². The van der Waals surface area contributed by atoms with E-state index < -0.39 is 28.0 Å². The fourth-order valence-electron chi connectivity index (χ4n) is 3.08. The number of benzene rings is 2. The van der Waals surface area contributed by atoms with E-state index in [1.165, 1.54) is 28.0 Å². The molecule has 1 aliphatic heterocycles. The molecule has 7 nitrogen and oxygen atoms in total. The Morgan fingerprint density at radius 2 is 1.91 bits per heavy atom. The topological polar surface area (TPSA) is 90.5 Å². The van der Waals surface area contributed by atoms with Crippen LogP contribution in [0.25, 0.3) is 10.4 Å². The van der Waals surface area contributed by atoms with Crippen molar-refractivity contribution in [3.63, 3.8) is 0 Å². The summed E-state index contributed by atoms with van der Waals surface area (Å²) in [7, 11) is 0.797. The van der Waals surface area contributed by atoms with E-state index in [0.717, 1.165) is 24.2 Å². The van der Waals surface area contributed by atoms with Crippen LogP contribution >= 0.6 is 22.9 Å². The highest BCUT2D eigenvalue weighted by Gasteiger charge is 2.24. The maximum atomic E-state index is 12.5. The van der Waals surface area contributed by atoms with Crippen LogP contribution in [-0.4, -0.2) is 39.0 Å². The largest absolute Gasteiger partial charge is 0.329 e. The van der Waals surface area contributed by atoms with Crippen LogP contribution in [0.3, 0.4) is 0 Å². The van der Waals surface area contributed by atoms with Crippen molar-refractivity contribution < 1.29 is 17.6 Å². The Morgan fingerprint density at radius 1 is 1.21 bits per heavy atom. The highest BCUT2D eigenvalue weighted by atomic mass is 35.5. The molecule has 0 spiro atoms. The summed E-state index contributed by atoms with van der Waals surface area (Å²) in [5.74, 6) is -0.497. The van der Waals surface area contributed by atoms with Crippen LogP contribution in [0.5, 0.6) is 0 Å². The molecule has 1 fully saturated rings. The Labute approximate surface area is 212 Å². The van der Waals surface area contributed by atoms with E-state index in [2.05, 4.69) is 26.9 Å². The number of halogens is 2. The molecular formula is C22H24ClFN4O3S3. The Morgan fingerprint density at radius 3 is 2.53 bits per heavy atom. The molecule has 0 bridgehead atoms. The van der Waals surface area contributed by atoms with Gasteiger partial charge < -0.3 is 10.0 Å². The number of hydrogen-bond donors (Lipinski definition) is 3. The number of rotatable bonds is 6. The minimum Gasteiger partial charge on any atom is -0.329 e. The van der Waals surface area contributed by atoms with Gasteiger partial charge in [-0.3, -0.25) is 4.79 Å². The molecule has 182 valence electrons. The van der Waals surface area contributed by atoms with Crippen molar-refractivity contribution in [2.45, 2.75) is 12.5 Å². The normalized spacial score (nSPS) is 18.9. The molecule has 3 atom stereocenters. The first kappa shape index (κ1) is 26.5. The van der Waals surface area contributed by atoms with Gasteiger partial charge in [-0.1, -0.05) is 23.7 Å². The number of hydrogen-bond acceptors (Lipinski definition) is 4. The summed E-state index contributed by atoms with van der Waals surface area (Å²) < 4.78 is 43.4. The molecule has 2 heterocycles. The van der Waals surface area contributed by atoms with Gasteiger partial charge in [-0.05, 0) is 54.4 Å². The van der Waals surface area contributed by atoms with Crippen LogP contribution in [0.4, 0.5) is 15.8 Å². The number of nitrogens with one attached hydrogen (secondary N) is 3. The summed E-state index contributed by atoms with van der Waals surface area (Å²) in [4.78, 5) is 12.3. The average Bonchev–Trinajstić information content (AvgIpc) is 3.29. The maximum Gasteiger partial charge on any atom is 0.211 e. The molecule has 0 aliphatic carbocycles. The molecule has 3 aromatic rings. The van der Waals surface area contributed by atoms with Crippen molar-refractivity contribution in [3.05, 3.63) is 70.3 Å². The minimum atomic E-state index is -1.11. The maximum absolute atomic E-state index is 12.5. The number of anilines is 2. The van der Waals surface area contributed by atoms with Gasteiger partial charge in [-0.25, -0.2) is 21.8 Å². The summed E-state index contributed by atoms with van der Waals surface area (Å²) in [6, 6.07) is 16.2. The van der Waals surface area contributed by atoms with E-state index in [-0.39, 0.29) is 11.1 Å². The Hall–Kier alpha value is -2.15. The Bertz CT molecular complexity index is 1180. The zero-order valence-corrected chi connectivity index (χ0v) is 21.6. The summed E-state index contributed by atoms with van der Waals surface area (Å²) in [5, 5.41) is 2.34. The molecule has 1 aromatic heterocycles. The van der Waals surface area contributed by atoms with E-state index in [1.54, 1.807) is 17.6 Å². The van der Waals surface area contributed by atoms with Gasteiger partial charge in [-0.15, -0.1) is 11.3 Å². The van der Waals surface area contributed by atoms with Crippen molar-refractivity contribution >= 4 is 62.9 Å². The average molecular weight is 543 g/mol. The number of thiophene rings is 1. The lowest BCUT2D eigenvalue weighted by atomic mass is 10.1. The van der Waals surface area contributed by atoms with Gasteiger partial charge in [0.1, 0.15) is 16.8 Å². The van der Waals surface area contributed by atoms with Gasteiger partial charge in [0.25, 0.3) is 0 Å². The second-order valence-corrected chi connectivity index (χ2v) is 11.3. The molecule has 3 N–H and O–H groups in total. The smallest absolute Gasteiger partial charge is 0.211 e. The summed E-state index contributed by atoms with van der Waals surface area (Å²) >= 11 is 6.03. The molecule has 12 heteroatoms. The predicted molar refractivity (Wildman–Crippen MR) is 140 cm³/mol. The third-order valence-electron chi connectivity index (χ3n) is 4.81. The second kappa shape index (κ2) is 12.5. The first-order valence-electron chi connectivity index (χ1n) is 10.1. The number of carbonyl (C=O) groups is 1. The van der Waals surface area contributed by atoms with Crippen molar-refractivity contribution in [1.82, 2.24) is 9.03 Å². The fourth-order valence-corrected chi connectivity index (χ4v) is 5.84. The summed E-state index contributed by atoms with van der Waals surface area (Å²) in [6.45, 7) is 0.825. The van der Waals surface area contributed by atoms with Crippen molar-refractivity contribution in [1.29, 1.82) is 0 Å². The minimum absolute atomic E-state index is 0.00292. The lowest BCUT2D eigenvalue weighted by Gasteiger charge is -2.28. The molecule has 1 amide bonds. The first-order chi connectivity index (χ1) is 16.3. The van der Waals surface area contributed by atoms with Crippen LogP contribution in [0.2, 0.25) is 5.02 Å². The predicted octanol–water partition coefficient (Wildman–Crippen LogP) is 4.71. The Balaban J connectivity index is 0.000000248. The van der Waals surface area contributed by atoms with Crippen LogP contribution in [0.1, 0.15) is 17.3 Å². The third-order valence-corrected chi connectivity index (χ3v) is 8.10. The van der Waals surface area contributed by atoms with Crippen molar-refractivity contribution in [3.8, 4) is 10.4 Å². The Kier molecular flexibility index (Phi) is 9.74. The highest BCUT2D eigenvalue weighted by Crippen LogP contribution is 2.34. The molecular weight excluding hydrogens is 519 g/mol. The van der Waals surface area contributed by atoms with Gasteiger partial charge in [0.2, 0.25) is 6.41 Å². The standard InChI is InChI=1S/C15H19N3O2S3.C7H5ClFNO/c1-18-10-9-13(17-23(18)20)15-8-7-14(21-15)11-3-5-12(6-4-11)16-22(2)19;8-6-3-5(10-4-11)1-2-7(6)9/h3-8,13,16-17H,9-10H2,1-2H3;1-4H,(H,10,11)/t13-,22?,23?;/m0./s1. The zero-order valence-electron chi connectivity index (χ0n) is 18.4. The first-order valence-corrected chi connectivity index (χ1v) is 14.0. The fraction of sp³-hybridized carbons (Fsp3) is 0.227. The van der Waals surface area contributed by atoms with E-state index in [0.29, 0.717) is 12.1 Å². The van der Waals surface area contributed by atoms with Gasteiger partial charge in [0.15, 0.2) is 11.2 Å². The lowest BCUT2D eigenvalue weighted by molar-refractivity contribution is -0.105. The molecule has 0 radical (unpaired) electrons. The monoisotopic (exact) mass is 542 g/mol.